The van der Waals surface area contributed by atoms with Gasteiger partial charge in [-0.25, -0.2) is 0 Å². The van der Waals surface area contributed by atoms with Crippen molar-refractivity contribution < 1.29 is 22.6 Å². The third-order valence-electron chi connectivity index (χ3n) is 3.09. The summed E-state index contributed by atoms with van der Waals surface area (Å²) in [6, 6.07) is 10.6. The maximum Gasteiger partial charge on any atom is 0.416 e. The first-order valence-electron chi connectivity index (χ1n) is 6.46. The first-order valence-corrected chi connectivity index (χ1v) is 7.58. The fraction of sp³-hybridized carbons (Fsp3) is 0.250. The van der Waals surface area contributed by atoms with E-state index in [1.165, 1.54) is 19.2 Å². The second-order valence-electron chi connectivity index (χ2n) is 4.56. The maximum atomic E-state index is 12.9. The zero-order valence-electron chi connectivity index (χ0n) is 11.8. The van der Waals surface area contributed by atoms with Crippen molar-refractivity contribution in [2.75, 3.05) is 7.11 Å². The molecule has 0 aromatic heterocycles. The van der Waals surface area contributed by atoms with Gasteiger partial charge >= 0.3 is 6.18 Å². The lowest BCUT2D eigenvalue weighted by Gasteiger charge is -2.15. The van der Waals surface area contributed by atoms with Crippen LogP contribution in [-0.4, -0.2) is 7.11 Å². The van der Waals surface area contributed by atoms with Crippen LogP contribution in [0.5, 0.6) is 11.5 Å². The molecule has 2 rings (SSSR count). The summed E-state index contributed by atoms with van der Waals surface area (Å²) in [6.07, 6.45) is -4.40. The Morgan fingerprint density at radius 1 is 1.05 bits per heavy atom. The van der Waals surface area contributed by atoms with Crippen LogP contribution < -0.4 is 9.47 Å². The second-order valence-corrected chi connectivity index (χ2v) is 5.12. The summed E-state index contributed by atoms with van der Waals surface area (Å²) in [5.74, 6) is 0.894. The number of halogens is 4. The Bertz CT molecular complexity index is 642. The average Bonchev–Trinajstić information content (AvgIpc) is 2.52. The molecule has 0 saturated heterocycles. The fourth-order valence-electron chi connectivity index (χ4n) is 1.99. The molecule has 0 radical (unpaired) electrons. The molecular weight excluding hydrogens is 361 g/mol. The Kier molecular flexibility index (Phi) is 5.34. The number of hydrogen-bond acceptors (Lipinski definition) is 2. The van der Waals surface area contributed by atoms with Gasteiger partial charge in [0.1, 0.15) is 6.61 Å². The standard InChI is InChI=1S/C16H14BrF3O2/c1-21-15-8-11(9-17)6-7-14(15)22-10-12-4-2-3-5-13(12)16(18,19)20/h2-8H,9-10H2,1H3. The van der Waals surface area contributed by atoms with E-state index < -0.39 is 11.7 Å². The number of methoxy groups -OCH3 is 1. The van der Waals surface area contributed by atoms with Crippen LogP contribution in [0.15, 0.2) is 42.5 Å². The van der Waals surface area contributed by atoms with Gasteiger partial charge in [0, 0.05) is 10.9 Å². The predicted molar refractivity (Wildman–Crippen MR) is 81.4 cm³/mol. The first-order chi connectivity index (χ1) is 10.5. The third kappa shape index (κ3) is 3.94. The van der Waals surface area contributed by atoms with E-state index in [0.29, 0.717) is 16.8 Å². The molecular formula is C16H14BrF3O2. The van der Waals surface area contributed by atoms with Gasteiger partial charge < -0.3 is 9.47 Å². The minimum absolute atomic E-state index is 0.0848. The monoisotopic (exact) mass is 374 g/mol. The Morgan fingerprint density at radius 2 is 1.77 bits per heavy atom. The van der Waals surface area contributed by atoms with Gasteiger partial charge in [0.2, 0.25) is 0 Å². The topological polar surface area (TPSA) is 18.5 Å². The van der Waals surface area contributed by atoms with E-state index in [-0.39, 0.29) is 12.2 Å². The molecule has 0 unspecified atom stereocenters. The van der Waals surface area contributed by atoms with Crippen molar-refractivity contribution >= 4 is 15.9 Å². The number of benzene rings is 2. The molecule has 2 aromatic rings. The van der Waals surface area contributed by atoms with Crippen LogP contribution >= 0.6 is 15.9 Å². The zero-order valence-corrected chi connectivity index (χ0v) is 13.4. The van der Waals surface area contributed by atoms with Crippen LogP contribution in [0.4, 0.5) is 13.2 Å². The van der Waals surface area contributed by atoms with Crippen LogP contribution in [0.3, 0.4) is 0 Å². The number of hydrogen-bond donors (Lipinski definition) is 0. The van der Waals surface area contributed by atoms with E-state index in [9.17, 15) is 13.2 Å². The van der Waals surface area contributed by atoms with Crippen molar-refractivity contribution in [2.24, 2.45) is 0 Å². The van der Waals surface area contributed by atoms with Crippen LogP contribution in [0.25, 0.3) is 0 Å². The SMILES string of the molecule is COc1cc(CBr)ccc1OCc1ccccc1C(F)(F)F. The maximum absolute atomic E-state index is 12.9. The molecule has 2 aromatic carbocycles. The summed E-state index contributed by atoms with van der Waals surface area (Å²) in [7, 11) is 1.49. The largest absolute Gasteiger partial charge is 0.493 e. The van der Waals surface area contributed by atoms with Gasteiger partial charge in [-0.2, -0.15) is 13.2 Å². The molecule has 22 heavy (non-hydrogen) atoms. The summed E-state index contributed by atoms with van der Waals surface area (Å²) in [5.41, 5.74) is 0.382. The van der Waals surface area contributed by atoms with Crippen molar-refractivity contribution in [3.8, 4) is 11.5 Å². The molecule has 118 valence electrons. The highest BCUT2D eigenvalue weighted by Crippen LogP contribution is 2.34. The lowest BCUT2D eigenvalue weighted by molar-refractivity contribution is -0.138. The molecule has 0 spiro atoms. The minimum atomic E-state index is -4.40. The molecule has 0 amide bonds. The lowest BCUT2D eigenvalue weighted by Crippen LogP contribution is -2.10. The molecule has 0 bridgehead atoms. The van der Waals surface area contributed by atoms with Crippen LogP contribution in [-0.2, 0) is 18.1 Å². The fourth-order valence-corrected chi connectivity index (χ4v) is 2.34. The molecule has 0 aliphatic heterocycles. The van der Waals surface area contributed by atoms with E-state index in [0.717, 1.165) is 11.6 Å². The number of rotatable bonds is 5. The van der Waals surface area contributed by atoms with Gasteiger partial charge in [0.25, 0.3) is 0 Å². The normalized spacial score (nSPS) is 11.3. The van der Waals surface area contributed by atoms with E-state index in [2.05, 4.69) is 15.9 Å². The quantitative estimate of drug-likeness (QED) is 0.670. The minimum Gasteiger partial charge on any atom is -0.493 e. The van der Waals surface area contributed by atoms with E-state index in [1.807, 2.05) is 6.07 Å². The average molecular weight is 375 g/mol. The molecule has 0 heterocycles. The van der Waals surface area contributed by atoms with Crippen LogP contribution in [0, 0.1) is 0 Å². The molecule has 0 aliphatic carbocycles. The smallest absolute Gasteiger partial charge is 0.416 e. The summed E-state index contributed by atoms with van der Waals surface area (Å²) < 4.78 is 49.5. The first kappa shape index (κ1) is 16.7. The van der Waals surface area contributed by atoms with Crippen molar-refractivity contribution in [2.45, 2.75) is 18.1 Å². The van der Waals surface area contributed by atoms with E-state index in [4.69, 9.17) is 9.47 Å². The molecule has 0 fully saturated rings. The predicted octanol–water partition coefficient (Wildman–Crippen LogP) is 5.19. The van der Waals surface area contributed by atoms with Crippen molar-refractivity contribution in [3.05, 3.63) is 59.2 Å². The summed E-state index contributed by atoms with van der Waals surface area (Å²) in [5, 5.41) is 0.653. The summed E-state index contributed by atoms with van der Waals surface area (Å²) >= 11 is 3.33. The van der Waals surface area contributed by atoms with Gasteiger partial charge in [-0.05, 0) is 23.8 Å². The highest BCUT2D eigenvalue weighted by Gasteiger charge is 2.33. The Balaban J connectivity index is 2.21. The highest BCUT2D eigenvalue weighted by atomic mass is 79.9. The van der Waals surface area contributed by atoms with Gasteiger partial charge in [0.05, 0.1) is 12.7 Å². The Labute approximate surface area is 135 Å². The molecule has 0 aliphatic rings. The molecule has 2 nitrogen and oxygen atoms in total. The number of alkyl halides is 4. The molecule has 6 heteroatoms. The zero-order chi connectivity index (χ0) is 16.2. The van der Waals surface area contributed by atoms with Crippen LogP contribution in [0.2, 0.25) is 0 Å². The number of ether oxygens (including phenoxy) is 2. The highest BCUT2D eigenvalue weighted by molar-refractivity contribution is 9.08. The second kappa shape index (κ2) is 7.05. The van der Waals surface area contributed by atoms with Gasteiger partial charge in [-0.3, -0.25) is 0 Å². The lowest BCUT2D eigenvalue weighted by atomic mass is 10.1. The third-order valence-corrected chi connectivity index (χ3v) is 3.74. The van der Waals surface area contributed by atoms with Gasteiger partial charge in [-0.15, -0.1) is 0 Å². The van der Waals surface area contributed by atoms with Crippen molar-refractivity contribution in [3.63, 3.8) is 0 Å². The molecule has 0 atom stereocenters. The molecule has 0 N–H and O–H groups in total. The van der Waals surface area contributed by atoms with E-state index in [1.54, 1.807) is 18.2 Å². The van der Waals surface area contributed by atoms with Crippen molar-refractivity contribution in [1.29, 1.82) is 0 Å². The van der Waals surface area contributed by atoms with Gasteiger partial charge in [0.15, 0.2) is 11.5 Å². The van der Waals surface area contributed by atoms with Gasteiger partial charge in [-0.1, -0.05) is 40.2 Å². The van der Waals surface area contributed by atoms with E-state index >= 15 is 0 Å². The Hall–Kier alpha value is -1.69. The van der Waals surface area contributed by atoms with Crippen LogP contribution in [0.1, 0.15) is 16.7 Å². The summed E-state index contributed by atoms with van der Waals surface area (Å²) in [6.45, 7) is -0.181. The molecule has 0 saturated carbocycles. The Morgan fingerprint density at radius 3 is 2.41 bits per heavy atom. The summed E-state index contributed by atoms with van der Waals surface area (Å²) in [4.78, 5) is 0. The van der Waals surface area contributed by atoms with Crippen molar-refractivity contribution in [1.82, 2.24) is 0 Å².